The van der Waals surface area contributed by atoms with E-state index in [2.05, 4.69) is 60.3 Å². The molecule has 3 nitrogen and oxygen atoms in total. The summed E-state index contributed by atoms with van der Waals surface area (Å²) in [5.41, 5.74) is 2.80. The summed E-state index contributed by atoms with van der Waals surface area (Å²) >= 11 is 0. The lowest BCUT2D eigenvalue weighted by Crippen LogP contribution is -2.59. The molecule has 1 saturated heterocycles. The highest BCUT2D eigenvalue weighted by Gasteiger charge is 2.32. The third-order valence-corrected chi connectivity index (χ3v) is 4.91. The molecule has 0 aliphatic carbocycles. The number of benzene rings is 1. The first-order chi connectivity index (χ1) is 9.15. The Morgan fingerprint density at radius 2 is 1.79 bits per heavy atom. The Kier molecular flexibility index (Phi) is 3.50. The predicted molar refractivity (Wildman–Crippen MR) is 80.7 cm³/mol. The molecule has 2 aliphatic rings. The summed E-state index contributed by atoms with van der Waals surface area (Å²) in [4.78, 5) is 5.18. The molecule has 2 aliphatic heterocycles. The third kappa shape index (κ3) is 2.49. The molecule has 104 valence electrons. The second-order valence-corrected chi connectivity index (χ2v) is 6.21. The molecule has 1 aromatic carbocycles. The quantitative estimate of drug-likeness (QED) is 0.833. The van der Waals surface area contributed by atoms with Crippen LogP contribution in [-0.2, 0) is 6.42 Å². The fraction of sp³-hybridized carbons (Fsp3) is 0.625. The van der Waals surface area contributed by atoms with Crippen LogP contribution < -0.4 is 5.32 Å². The number of para-hydroxylation sites is 1. The van der Waals surface area contributed by atoms with Crippen LogP contribution in [0.1, 0.15) is 19.4 Å². The number of likely N-dealkylation sites (N-methyl/N-ethyl adjacent to an activating group) is 1. The van der Waals surface area contributed by atoms with Gasteiger partial charge in [-0.2, -0.15) is 0 Å². The van der Waals surface area contributed by atoms with Gasteiger partial charge in [0.15, 0.2) is 0 Å². The monoisotopic (exact) mass is 259 g/mol. The van der Waals surface area contributed by atoms with E-state index in [9.17, 15) is 0 Å². The van der Waals surface area contributed by atoms with Gasteiger partial charge in [0.25, 0.3) is 0 Å². The molecule has 3 rings (SSSR count). The molecule has 0 aromatic heterocycles. The predicted octanol–water partition coefficient (Wildman–Crippen LogP) is 2.05. The molecular weight excluding hydrogens is 234 g/mol. The lowest BCUT2D eigenvalue weighted by atomic mass is 9.96. The fourth-order valence-corrected chi connectivity index (χ4v) is 3.43. The molecule has 1 N–H and O–H groups in total. The van der Waals surface area contributed by atoms with Gasteiger partial charge in [-0.05, 0) is 38.9 Å². The van der Waals surface area contributed by atoms with Crippen molar-refractivity contribution >= 4 is 5.69 Å². The highest BCUT2D eigenvalue weighted by Crippen LogP contribution is 2.25. The summed E-state index contributed by atoms with van der Waals surface area (Å²) in [6.07, 6.45) is 1.19. The van der Waals surface area contributed by atoms with E-state index in [1.165, 1.54) is 30.8 Å². The van der Waals surface area contributed by atoms with Crippen LogP contribution in [0, 0.1) is 0 Å². The minimum Gasteiger partial charge on any atom is -0.383 e. The van der Waals surface area contributed by atoms with Gasteiger partial charge in [-0.3, -0.25) is 9.80 Å². The standard InChI is InChI=1S/C16H25N3/c1-12-10-19(11-13(2)18(12)3)15-8-14-6-4-5-7-16(14)17-9-15/h4-7,12-13,15,17H,8-11H2,1-3H3. The van der Waals surface area contributed by atoms with Gasteiger partial charge in [-0.25, -0.2) is 0 Å². The van der Waals surface area contributed by atoms with Crippen molar-refractivity contribution in [3.05, 3.63) is 29.8 Å². The first kappa shape index (κ1) is 12.9. The number of rotatable bonds is 1. The lowest BCUT2D eigenvalue weighted by Gasteiger charge is -2.46. The van der Waals surface area contributed by atoms with Crippen molar-refractivity contribution in [2.75, 3.05) is 32.0 Å². The highest BCUT2D eigenvalue weighted by atomic mass is 15.3. The van der Waals surface area contributed by atoms with Crippen LogP contribution in [0.2, 0.25) is 0 Å². The maximum absolute atomic E-state index is 3.60. The number of fused-ring (bicyclic) bond motifs is 1. The van der Waals surface area contributed by atoms with Crippen molar-refractivity contribution in [2.24, 2.45) is 0 Å². The second-order valence-electron chi connectivity index (χ2n) is 6.21. The third-order valence-electron chi connectivity index (χ3n) is 4.91. The average Bonchev–Trinajstić information content (AvgIpc) is 2.43. The summed E-state index contributed by atoms with van der Waals surface area (Å²) in [7, 11) is 2.25. The summed E-state index contributed by atoms with van der Waals surface area (Å²) in [6.45, 7) is 8.14. The molecule has 0 amide bonds. The highest BCUT2D eigenvalue weighted by molar-refractivity contribution is 5.53. The minimum absolute atomic E-state index is 0.647. The molecule has 3 heteroatoms. The molecular formula is C16H25N3. The number of hydrogen-bond acceptors (Lipinski definition) is 3. The van der Waals surface area contributed by atoms with Crippen LogP contribution in [0.15, 0.2) is 24.3 Å². The van der Waals surface area contributed by atoms with Crippen LogP contribution in [0.4, 0.5) is 5.69 Å². The van der Waals surface area contributed by atoms with E-state index in [0.717, 1.165) is 6.54 Å². The van der Waals surface area contributed by atoms with E-state index in [1.54, 1.807) is 0 Å². The van der Waals surface area contributed by atoms with Crippen molar-refractivity contribution in [3.8, 4) is 0 Å². The van der Waals surface area contributed by atoms with E-state index in [1.807, 2.05) is 0 Å². The Balaban J connectivity index is 1.71. The average molecular weight is 259 g/mol. The summed E-state index contributed by atoms with van der Waals surface area (Å²) < 4.78 is 0. The van der Waals surface area contributed by atoms with Gasteiger partial charge in [0.05, 0.1) is 0 Å². The number of piperazine rings is 1. The van der Waals surface area contributed by atoms with Crippen LogP contribution in [0.25, 0.3) is 0 Å². The smallest absolute Gasteiger partial charge is 0.0373 e. The summed E-state index contributed by atoms with van der Waals surface area (Å²) in [6, 6.07) is 10.7. The molecule has 2 heterocycles. The van der Waals surface area contributed by atoms with Crippen LogP contribution in [-0.4, -0.2) is 54.6 Å². The zero-order chi connectivity index (χ0) is 13.4. The Hall–Kier alpha value is -1.06. The molecule has 3 unspecified atom stereocenters. The van der Waals surface area contributed by atoms with E-state index in [-0.39, 0.29) is 0 Å². The van der Waals surface area contributed by atoms with Crippen LogP contribution >= 0.6 is 0 Å². The minimum atomic E-state index is 0.647. The normalized spacial score (nSPS) is 32.7. The molecule has 3 atom stereocenters. The number of nitrogens with one attached hydrogen (secondary N) is 1. The van der Waals surface area contributed by atoms with Crippen molar-refractivity contribution in [1.82, 2.24) is 9.80 Å². The van der Waals surface area contributed by atoms with E-state index in [4.69, 9.17) is 0 Å². The van der Waals surface area contributed by atoms with Crippen molar-refractivity contribution in [1.29, 1.82) is 0 Å². The van der Waals surface area contributed by atoms with Gasteiger partial charge < -0.3 is 5.32 Å². The maximum atomic E-state index is 3.60. The molecule has 0 spiro atoms. The van der Waals surface area contributed by atoms with Gasteiger partial charge in [-0.15, -0.1) is 0 Å². The van der Waals surface area contributed by atoms with Gasteiger partial charge in [-0.1, -0.05) is 18.2 Å². The molecule has 1 aromatic rings. The van der Waals surface area contributed by atoms with E-state index >= 15 is 0 Å². The SMILES string of the molecule is CC1CN(C2CNc3ccccc3C2)CC(C)N1C. The van der Waals surface area contributed by atoms with Crippen LogP contribution in [0.5, 0.6) is 0 Å². The molecule has 0 bridgehead atoms. The zero-order valence-corrected chi connectivity index (χ0v) is 12.3. The summed E-state index contributed by atoms with van der Waals surface area (Å²) in [5.74, 6) is 0. The molecule has 0 radical (unpaired) electrons. The van der Waals surface area contributed by atoms with E-state index < -0.39 is 0 Å². The number of hydrogen-bond donors (Lipinski definition) is 1. The van der Waals surface area contributed by atoms with Crippen LogP contribution in [0.3, 0.4) is 0 Å². The Labute approximate surface area is 116 Å². The van der Waals surface area contributed by atoms with Gasteiger partial charge in [0, 0.05) is 43.4 Å². The Morgan fingerprint density at radius 3 is 2.53 bits per heavy atom. The maximum Gasteiger partial charge on any atom is 0.0373 e. The Bertz CT molecular complexity index is 433. The topological polar surface area (TPSA) is 18.5 Å². The molecule has 1 fully saturated rings. The van der Waals surface area contributed by atoms with Gasteiger partial charge in [0.1, 0.15) is 0 Å². The molecule has 19 heavy (non-hydrogen) atoms. The van der Waals surface area contributed by atoms with Crippen molar-refractivity contribution < 1.29 is 0 Å². The van der Waals surface area contributed by atoms with Crippen molar-refractivity contribution in [3.63, 3.8) is 0 Å². The number of nitrogens with zero attached hydrogens (tertiary/aromatic N) is 2. The second kappa shape index (κ2) is 5.14. The van der Waals surface area contributed by atoms with Gasteiger partial charge in [0.2, 0.25) is 0 Å². The Morgan fingerprint density at radius 1 is 1.11 bits per heavy atom. The summed E-state index contributed by atoms with van der Waals surface area (Å²) in [5, 5.41) is 3.60. The van der Waals surface area contributed by atoms with Gasteiger partial charge >= 0.3 is 0 Å². The zero-order valence-electron chi connectivity index (χ0n) is 12.3. The largest absolute Gasteiger partial charge is 0.383 e. The first-order valence-electron chi connectivity index (χ1n) is 7.43. The number of anilines is 1. The van der Waals surface area contributed by atoms with Crippen molar-refractivity contribution in [2.45, 2.75) is 38.4 Å². The lowest BCUT2D eigenvalue weighted by molar-refractivity contribution is 0.0360. The molecule has 0 saturated carbocycles. The first-order valence-corrected chi connectivity index (χ1v) is 7.43. The van der Waals surface area contributed by atoms with E-state index in [0.29, 0.717) is 18.1 Å². The fourth-order valence-electron chi connectivity index (χ4n) is 3.43.